The number of carboxylic acids is 2. The van der Waals surface area contributed by atoms with Crippen LogP contribution >= 0.6 is 15.9 Å². The Balaban J connectivity index is 4.61. The van der Waals surface area contributed by atoms with Crippen molar-refractivity contribution in [3.8, 4) is 0 Å². The monoisotopic (exact) mass is 253 g/mol. The molecule has 1 atom stereocenters. The van der Waals surface area contributed by atoms with E-state index in [4.69, 9.17) is 10.2 Å². The molecule has 0 fully saturated rings. The first-order valence-electron chi connectivity index (χ1n) is 3.54. The van der Waals surface area contributed by atoms with Gasteiger partial charge in [0.1, 0.15) is 5.54 Å². The number of nitrogens with one attached hydrogen (secondary N) is 1. The van der Waals surface area contributed by atoms with E-state index < -0.39 is 21.9 Å². The third kappa shape index (κ3) is 3.31. The van der Waals surface area contributed by atoms with Crippen molar-refractivity contribution in [2.24, 2.45) is 0 Å². The van der Waals surface area contributed by atoms with Crippen molar-refractivity contribution >= 4 is 27.9 Å². The minimum absolute atomic E-state index is 1.11. The molecule has 0 aromatic heterocycles. The standard InChI is InChI=1S/C7H12BrNO4/c1-6(2,4(10)11)9-7(3,8)5(12)13/h9H,1-3H3,(H,10,11)(H,12,13). The maximum absolute atomic E-state index is 10.6. The molecular weight excluding hydrogens is 242 g/mol. The Hall–Kier alpha value is -0.620. The van der Waals surface area contributed by atoms with Gasteiger partial charge in [-0.2, -0.15) is 0 Å². The summed E-state index contributed by atoms with van der Waals surface area (Å²) in [5.74, 6) is -2.28. The molecule has 0 bridgehead atoms. The summed E-state index contributed by atoms with van der Waals surface area (Å²) in [5.41, 5.74) is -1.30. The molecule has 0 amide bonds. The molecule has 0 aliphatic heterocycles. The van der Waals surface area contributed by atoms with Gasteiger partial charge in [0.2, 0.25) is 0 Å². The van der Waals surface area contributed by atoms with E-state index in [2.05, 4.69) is 21.2 Å². The molecule has 0 spiro atoms. The molecule has 0 aromatic rings. The lowest BCUT2D eigenvalue weighted by Crippen LogP contribution is -2.58. The van der Waals surface area contributed by atoms with E-state index in [1.807, 2.05) is 0 Å². The van der Waals surface area contributed by atoms with Crippen molar-refractivity contribution in [1.29, 1.82) is 0 Å². The third-order valence-electron chi connectivity index (χ3n) is 1.48. The second kappa shape index (κ2) is 3.63. The van der Waals surface area contributed by atoms with Gasteiger partial charge in [0.05, 0.1) is 0 Å². The van der Waals surface area contributed by atoms with Crippen molar-refractivity contribution in [3.05, 3.63) is 0 Å². The molecule has 0 rings (SSSR count). The molecule has 0 saturated carbocycles. The number of rotatable bonds is 4. The molecule has 13 heavy (non-hydrogen) atoms. The van der Waals surface area contributed by atoms with Gasteiger partial charge in [0, 0.05) is 0 Å². The van der Waals surface area contributed by atoms with Crippen LogP contribution in [-0.4, -0.2) is 32.1 Å². The van der Waals surface area contributed by atoms with Gasteiger partial charge in [0.15, 0.2) is 4.45 Å². The summed E-state index contributed by atoms with van der Waals surface area (Å²) in [5, 5.41) is 19.8. The fourth-order valence-electron chi connectivity index (χ4n) is 0.694. The van der Waals surface area contributed by atoms with E-state index in [-0.39, 0.29) is 0 Å². The molecular formula is C7H12BrNO4. The van der Waals surface area contributed by atoms with Crippen LogP contribution in [0.15, 0.2) is 0 Å². The van der Waals surface area contributed by atoms with Crippen molar-refractivity contribution < 1.29 is 19.8 Å². The van der Waals surface area contributed by atoms with E-state index in [1.165, 1.54) is 20.8 Å². The summed E-state index contributed by atoms with van der Waals surface area (Å²) >= 11 is 2.88. The van der Waals surface area contributed by atoms with E-state index in [9.17, 15) is 9.59 Å². The van der Waals surface area contributed by atoms with Gasteiger partial charge < -0.3 is 10.2 Å². The number of halogens is 1. The Morgan fingerprint density at radius 2 is 1.54 bits per heavy atom. The lowest BCUT2D eigenvalue weighted by molar-refractivity contribution is -0.146. The van der Waals surface area contributed by atoms with Gasteiger partial charge >= 0.3 is 11.9 Å². The summed E-state index contributed by atoms with van der Waals surface area (Å²) in [6.07, 6.45) is 0. The number of carboxylic acid groups (broad SMARTS) is 2. The molecule has 0 radical (unpaired) electrons. The van der Waals surface area contributed by atoms with Crippen LogP contribution in [0.3, 0.4) is 0 Å². The number of alkyl halides is 1. The van der Waals surface area contributed by atoms with Crippen LogP contribution in [0.4, 0.5) is 0 Å². The zero-order valence-corrected chi connectivity index (χ0v) is 9.17. The summed E-state index contributed by atoms with van der Waals surface area (Å²) in [7, 11) is 0. The fourth-order valence-corrected chi connectivity index (χ4v) is 1.19. The van der Waals surface area contributed by atoms with Crippen LogP contribution in [0.1, 0.15) is 20.8 Å². The average Bonchev–Trinajstić information content (AvgIpc) is 1.83. The minimum Gasteiger partial charge on any atom is -0.480 e. The van der Waals surface area contributed by atoms with Gasteiger partial charge in [-0.15, -0.1) is 0 Å². The lowest BCUT2D eigenvalue weighted by Gasteiger charge is -2.29. The first-order valence-corrected chi connectivity index (χ1v) is 4.34. The number of aliphatic carboxylic acids is 2. The van der Waals surface area contributed by atoms with E-state index in [0.717, 1.165) is 0 Å². The number of hydrogen-bond acceptors (Lipinski definition) is 3. The van der Waals surface area contributed by atoms with Gasteiger partial charge in [-0.1, -0.05) is 15.9 Å². The number of carbonyl (C=O) groups is 2. The first-order chi connectivity index (χ1) is 5.59. The summed E-state index contributed by atoms with van der Waals surface area (Å²) in [6.45, 7) is 4.11. The van der Waals surface area contributed by atoms with E-state index >= 15 is 0 Å². The third-order valence-corrected chi connectivity index (χ3v) is 2.02. The molecule has 3 N–H and O–H groups in total. The topological polar surface area (TPSA) is 86.6 Å². The predicted octanol–water partition coefficient (Wildman–Crippen LogP) is 0.635. The fraction of sp³-hybridized carbons (Fsp3) is 0.714. The smallest absolute Gasteiger partial charge is 0.334 e. The summed E-state index contributed by atoms with van der Waals surface area (Å²) < 4.78 is -1.44. The second-order valence-corrected chi connectivity index (χ2v) is 4.95. The predicted molar refractivity (Wildman–Crippen MR) is 49.8 cm³/mol. The van der Waals surface area contributed by atoms with Gasteiger partial charge in [-0.25, -0.2) is 4.79 Å². The van der Waals surface area contributed by atoms with E-state index in [0.29, 0.717) is 0 Å². The second-order valence-electron chi connectivity index (χ2n) is 3.36. The maximum atomic E-state index is 10.6. The zero-order chi connectivity index (χ0) is 10.9. The van der Waals surface area contributed by atoms with Crippen LogP contribution < -0.4 is 5.32 Å². The molecule has 0 aliphatic rings. The van der Waals surface area contributed by atoms with Crippen LogP contribution in [0.25, 0.3) is 0 Å². The highest BCUT2D eigenvalue weighted by molar-refractivity contribution is 9.10. The maximum Gasteiger partial charge on any atom is 0.334 e. The molecule has 5 nitrogen and oxygen atoms in total. The average molecular weight is 254 g/mol. The van der Waals surface area contributed by atoms with Crippen LogP contribution in [0.5, 0.6) is 0 Å². The lowest BCUT2D eigenvalue weighted by atomic mass is 10.0. The Bertz CT molecular complexity index is 213. The number of hydrogen-bond donors (Lipinski definition) is 3. The van der Waals surface area contributed by atoms with Gasteiger partial charge in [0.25, 0.3) is 0 Å². The molecule has 1 unspecified atom stereocenters. The van der Waals surface area contributed by atoms with Crippen molar-refractivity contribution in [1.82, 2.24) is 5.32 Å². The quantitative estimate of drug-likeness (QED) is 0.506. The Morgan fingerprint density at radius 1 is 1.15 bits per heavy atom. The summed E-state index contributed by atoms with van der Waals surface area (Å²) in [4.78, 5) is 21.3. The minimum atomic E-state index is -1.44. The normalized spacial score (nSPS) is 16.3. The van der Waals surface area contributed by atoms with E-state index in [1.54, 1.807) is 0 Å². The molecule has 76 valence electrons. The van der Waals surface area contributed by atoms with Crippen molar-refractivity contribution in [2.45, 2.75) is 30.8 Å². The highest BCUT2D eigenvalue weighted by Gasteiger charge is 2.39. The molecule has 6 heteroatoms. The van der Waals surface area contributed by atoms with Crippen LogP contribution in [0.2, 0.25) is 0 Å². The van der Waals surface area contributed by atoms with Crippen molar-refractivity contribution in [3.63, 3.8) is 0 Å². The Labute approximate surface area is 84.3 Å². The van der Waals surface area contributed by atoms with Crippen LogP contribution in [-0.2, 0) is 9.59 Å². The van der Waals surface area contributed by atoms with Gasteiger partial charge in [-0.05, 0) is 20.8 Å². The van der Waals surface area contributed by atoms with Crippen LogP contribution in [0, 0.1) is 0 Å². The first kappa shape index (κ1) is 12.4. The molecule has 0 heterocycles. The zero-order valence-electron chi connectivity index (χ0n) is 7.59. The molecule has 0 saturated heterocycles. The van der Waals surface area contributed by atoms with Crippen molar-refractivity contribution in [2.75, 3.05) is 0 Å². The molecule has 0 aromatic carbocycles. The Kier molecular flexibility index (Phi) is 3.46. The highest BCUT2D eigenvalue weighted by Crippen LogP contribution is 2.18. The SMILES string of the molecule is CC(C)(NC(C)(Br)C(=O)O)C(=O)O. The molecule has 0 aliphatic carbocycles. The van der Waals surface area contributed by atoms with Gasteiger partial charge in [-0.3, -0.25) is 10.1 Å². The summed E-state index contributed by atoms with van der Waals surface area (Å²) in [6, 6.07) is 0. The largest absolute Gasteiger partial charge is 0.480 e. The Morgan fingerprint density at radius 3 is 1.77 bits per heavy atom. The highest BCUT2D eigenvalue weighted by atomic mass is 79.9.